The zero-order chi connectivity index (χ0) is 32.9. The van der Waals surface area contributed by atoms with Gasteiger partial charge in [0.1, 0.15) is 0 Å². The van der Waals surface area contributed by atoms with Crippen molar-refractivity contribution in [3.63, 3.8) is 0 Å². The van der Waals surface area contributed by atoms with Crippen LogP contribution in [0.5, 0.6) is 0 Å². The highest BCUT2D eigenvalue weighted by molar-refractivity contribution is 5.86. The number of likely N-dealkylation sites (N-methyl/N-ethyl adjacent to an activating group) is 1. The van der Waals surface area contributed by atoms with E-state index in [0.717, 1.165) is 11.5 Å². The molecule has 44 heavy (non-hydrogen) atoms. The molecule has 1 aromatic rings. The number of aliphatic hydroxyl groups excluding tert-OH is 2. The minimum Gasteiger partial charge on any atom is -0.390 e. The lowest BCUT2D eigenvalue weighted by atomic mass is 9.91. The summed E-state index contributed by atoms with van der Waals surface area (Å²) in [5, 5.41) is 32.0. The van der Waals surface area contributed by atoms with E-state index < -0.39 is 30.1 Å². The number of amides is 3. The molecule has 1 fully saturated rings. The zero-order valence-corrected chi connectivity index (χ0v) is 28.2. The third-order valence-corrected chi connectivity index (χ3v) is 8.39. The number of hydrogen-bond acceptors (Lipinski definition) is 6. The van der Waals surface area contributed by atoms with Crippen LogP contribution < -0.4 is 21.3 Å². The SMILES string of the molecule is CC1CCCCC1.CC[C@H](CNC(=O)[C@H](CCc1ccccc1)CC(=O)NCCNC)C(=O)NC(C)C(O)C(O)CC(C)C. The highest BCUT2D eigenvalue weighted by Gasteiger charge is 2.28. The van der Waals surface area contributed by atoms with Crippen LogP contribution in [0.3, 0.4) is 0 Å². The fraction of sp³-hybridized carbons (Fsp3) is 0.743. The molecule has 1 aromatic carbocycles. The van der Waals surface area contributed by atoms with E-state index in [1.807, 2.05) is 51.1 Å². The van der Waals surface area contributed by atoms with Crippen molar-refractivity contribution < 1.29 is 24.6 Å². The predicted octanol–water partition coefficient (Wildman–Crippen LogP) is 3.96. The monoisotopic (exact) mass is 618 g/mol. The molecule has 0 aliphatic heterocycles. The molecule has 1 aliphatic rings. The smallest absolute Gasteiger partial charge is 0.225 e. The summed E-state index contributed by atoms with van der Waals surface area (Å²) < 4.78 is 0. The van der Waals surface area contributed by atoms with Crippen molar-refractivity contribution in [2.75, 3.05) is 26.7 Å². The quantitative estimate of drug-likeness (QED) is 0.138. The van der Waals surface area contributed by atoms with E-state index in [1.54, 1.807) is 14.0 Å². The highest BCUT2D eigenvalue weighted by Crippen LogP contribution is 2.22. The van der Waals surface area contributed by atoms with Gasteiger partial charge in [0.2, 0.25) is 17.7 Å². The fourth-order valence-corrected chi connectivity index (χ4v) is 5.41. The van der Waals surface area contributed by atoms with Gasteiger partial charge in [-0.3, -0.25) is 14.4 Å². The third kappa shape index (κ3) is 17.1. The Kier molecular flexibility index (Phi) is 20.6. The van der Waals surface area contributed by atoms with Gasteiger partial charge in [-0.2, -0.15) is 0 Å². The Bertz CT molecular complexity index is 923. The maximum atomic E-state index is 13.1. The van der Waals surface area contributed by atoms with Crippen LogP contribution in [-0.2, 0) is 20.8 Å². The molecule has 0 heterocycles. The average molecular weight is 619 g/mol. The molecule has 252 valence electrons. The minimum absolute atomic E-state index is 0.0718. The Morgan fingerprint density at radius 3 is 2.11 bits per heavy atom. The molecule has 6 N–H and O–H groups in total. The summed E-state index contributed by atoms with van der Waals surface area (Å²) >= 11 is 0. The second-order valence-corrected chi connectivity index (χ2v) is 13.0. The third-order valence-electron chi connectivity index (χ3n) is 8.39. The van der Waals surface area contributed by atoms with Crippen molar-refractivity contribution in [1.29, 1.82) is 0 Å². The molecular weight excluding hydrogens is 556 g/mol. The molecule has 1 aliphatic carbocycles. The summed E-state index contributed by atoms with van der Waals surface area (Å²) in [5.74, 6) is -0.512. The maximum absolute atomic E-state index is 13.1. The molecule has 1 saturated carbocycles. The number of carbonyl (C=O) groups is 3. The first-order valence-corrected chi connectivity index (χ1v) is 16.9. The summed E-state index contributed by atoms with van der Waals surface area (Å²) in [7, 11) is 1.80. The van der Waals surface area contributed by atoms with Crippen molar-refractivity contribution in [1.82, 2.24) is 21.3 Å². The summed E-state index contributed by atoms with van der Waals surface area (Å²) in [6.45, 7) is 11.0. The molecule has 0 spiro atoms. The van der Waals surface area contributed by atoms with Crippen molar-refractivity contribution in [2.24, 2.45) is 23.7 Å². The first kappa shape index (κ1) is 39.5. The number of hydrogen-bond donors (Lipinski definition) is 6. The van der Waals surface area contributed by atoms with Gasteiger partial charge in [0.25, 0.3) is 0 Å². The zero-order valence-electron chi connectivity index (χ0n) is 28.2. The van der Waals surface area contributed by atoms with Crippen molar-refractivity contribution in [3.05, 3.63) is 35.9 Å². The first-order valence-electron chi connectivity index (χ1n) is 16.9. The molecule has 0 saturated heterocycles. The topological polar surface area (TPSA) is 140 Å². The molecule has 9 heteroatoms. The molecule has 2 rings (SSSR count). The summed E-state index contributed by atoms with van der Waals surface area (Å²) in [6.07, 6.45) is 7.59. The number of aliphatic hydroxyl groups is 2. The lowest BCUT2D eigenvalue weighted by Crippen LogP contribution is -2.50. The van der Waals surface area contributed by atoms with Crippen LogP contribution in [0, 0.1) is 23.7 Å². The lowest BCUT2D eigenvalue weighted by Gasteiger charge is -2.27. The first-order chi connectivity index (χ1) is 21.0. The fourth-order valence-electron chi connectivity index (χ4n) is 5.41. The lowest BCUT2D eigenvalue weighted by molar-refractivity contribution is -0.131. The number of aryl methyl sites for hydroxylation is 1. The Balaban J connectivity index is 0.00000120. The Hall–Kier alpha value is -2.49. The Morgan fingerprint density at radius 2 is 1.57 bits per heavy atom. The van der Waals surface area contributed by atoms with Crippen molar-refractivity contribution >= 4 is 17.7 Å². The normalized spacial score (nSPS) is 16.9. The Labute approximate surface area is 266 Å². The van der Waals surface area contributed by atoms with E-state index in [4.69, 9.17) is 0 Å². The van der Waals surface area contributed by atoms with E-state index in [0.29, 0.717) is 38.8 Å². The van der Waals surface area contributed by atoms with E-state index in [2.05, 4.69) is 28.2 Å². The van der Waals surface area contributed by atoms with Gasteiger partial charge in [0, 0.05) is 32.0 Å². The van der Waals surface area contributed by atoms with Gasteiger partial charge in [-0.25, -0.2) is 0 Å². The van der Waals surface area contributed by atoms with Gasteiger partial charge < -0.3 is 31.5 Å². The van der Waals surface area contributed by atoms with E-state index in [9.17, 15) is 24.6 Å². The molecule has 5 atom stereocenters. The molecular formula is C35H62N4O5. The second kappa shape index (κ2) is 22.9. The molecule has 3 unspecified atom stereocenters. The maximum Gasteiger partial charge on any atom is 0.225 e. The molecule has 0 bridgehead atoms. The van der Waals surface area contributed by atoms with Gasteiger partial charge in [-0.1, -0.05) is 90.1 Å². The van der Waals surface area contributed by atoms with Gasteiger partial charge in [-0.15, -0.1) is 0 Å². The number of carbonyl (C=O) groups excluding carboxylic acids is 3. The van der Waals surface area contributed by atoms with Crippen LogP contribution >= 0.6 is 0 Å². The van der Waals surface area contributed by atoms with Crippen LogP contribution in [0.1, 0.15) is 98.0 Å². The van der Waals surface area contributed by atoms with Gasteiger partial charge in [-0.05, 0) is 57.1 Å². The molecule has 3 amide bonds. The summed E-state index contributed by atoms with van der Waals surface area (Å²) in [4.78, 5) is 38.3. The number of benzene rings is 1. The van der Waals surface area contributed by atoms with Crippen LogP contribution in [0.25, 0.3) is 0 Å². The number of rotatable bonds is 18. The largest absolute Gasteiger partial charge is 0.390 e. The van der Waals surface area contributed by atoms with Crippen molar-refractivity contribution in [3.8, 4) is 0 Å². The van der Waals surface area contributed by atoms with Gasteiger partial charge in [0.05, 0.1) is 24.2 Å². The molecule has 0 radical (unpaired) electrons. The van der Waals surface area contributed by atoms with Crippen LogP contribution in [0.4, 0.5) is 0 Å². The second-order valence-electron chi connectivity index (χ2n) is 13.0. The average Bonchev–Trinajstić information content (AvgIpc) is 3.00. The highest BCUT2D eigenvalue weighted by atomic mass is 16.3. The van der Waals surface area contributed by atoms with Gasteiger partial charge in [0.15, 0.2) is 0 Å². The van der Waals surface area contributed by atoms with E-state index in [1.165, 1.54) is 32.1 Å². The standard InChI is InChI=1S/C28H48N4O5.C7H14/c1-6-22(28(37)32-20(4)26(35)24(33)16-19(2)3)18-31-27(36)23(17-25(34)30-15-14-29-5)13-12-21-10-8-7-9-11-21;1-7-5-3-2-4-6-7/h7-11,19-20,22-24,26,29,33,35H,6,12-18H2,1-5H3,(H,30,34)(H,31,36)(H,32,37);7H,2-6H2,1H3/t20?,22-,23-,24?,26?;/m1./s1. The van der Waals surface area contributed by atoms with E-state index >= 15 is 0 Å². The summed E-state index contributed by atoms with van der Waals surface area (Å²) in [6, 6.07) is 9.17. The van der Waals surface area contributed by atoms with Crippen LogP contribution in [0.2, 0.25) is 0 Å². The van der Waals surface area contributed by atoms with Crippen LogP contribution in [-0.4, -0.2) is 72.9 Å². The Morgan fingerprint density at radius 1 is 0.909 bits per heavy atom. The van der Waals surface area contributed by atoms with Crippen molar-refractivity contribution in [2.45, 2.75) is 117 Å². The minimum atomic E-state index is -1.08. The van der Waals surface area contributed by atoms with Crippen LogP contribution in [0.15, 0.2) is 30.3 Å². The number of nitrogens with one attached hydrogen (secondary N) is 4. The van der Waals surface area contributed by atoms with E-state index in [-0.39, 0.29) is 36.6 Å². The molecule has 0 aromatic heterocycles. The predicted molar refractivity (Wildman–Crippen MR) is 178 cm³/mol. The molecule has 9 nitrogen and oxygen atoms in total. The van der Waals surface area contributed by atoms with Gasteiger partial charge >= 0.3 is 0 Å². The summed E-state index contributed by atoms with van der Waals surface area (Å²) in [5.41, 5.74) is 1.09.